The lowest BCUT2D eigenvalue weighted by atomic mass is 10.1. The van der Waals surface area contributed by atoms with Crippen LogP contribution in [-0.2, 0) is 12.7 Å². The molecule has 40 heavy (non-hydrogen) atoms. The van der Waals surface area contributed by atoms with Gasteiger partial charge in [0, 0.05) is 37.6 Å². The number of alkyl halides is 6. The molecule has 1 aliphatic rings. The maximum atomic E-state index is 12.9. The molecule has 2 aromatic carbocycles. The van der Waals surface area contributed by atoms with E-state index in [-0.39, 0.29) is 23.9 Å². The minimum absolute atomic E-state index is 0.0157. The number of benzene rings is 2. The summed E-state index contributed by atoms with van der Waals surface area (Å²) in [6.45, 7) is 0.828. The Morgan fingerprint density at radius 2 is 1.60 bits per heavy atom. The maximum Gasteiger partial charge on any atom is 0.573 e. The largest absolute Gasteiger partial charge is 0.573 e. The number of nitrogens with zero attached hydrogens (tertiary/aromatic N) is 2. The van der Waals surface area contributed by atoms with Gasteiger partial charge in [0.25, 0.3) is 5.91 Å². The number of halogens is 6. The number of amides is 3. The molecule has 0 spiro atoms. The molecule has 0 aliphatic heterocycles. The van der Waals surface area contributed by atoms with Gasteiger partial charge in [0.1, 0.15) is 5.75 Å². The third-order valence-electron chi connectivity index (χ3n) is 5.62. The molecule has 4 rings (SSSR count). The first-order chi connectivity index (χ1) is 18.9. The average molecular weight is 570 g/mol. The third kappa shape index (κ3) is 8.62. The van der Waals surface area contributed by atoms with E-state index in [4.69, 9.17) is 0 Å². The lowest BCUT2D eigenvalue weighted by Gasteiger charge is -2.10. The molecule has 4 N–H and O–H groups in total. The molecule has 0 bridgehead atoms. The van der Waals surface area contributed by atoms with Gasteiger partial charge in [-0.15, -0.1) is 13.2 Å². The Kier molecular flexibility index (Phi) is 8.52. The SMILES string of the molecule is O=C(Nc1ccc(OC(F)(F)F)cc1)Nc1cn(Cc2ccc(C(F)(F)F)cc2)c(C(=O)NCCNC2CC2)n1. The summed E-state index contributed by atoms with van der Waals surface area (Å²) in [4.78, 5) is 29.4. The van der Waals surface area contributed by atoms with Crippen molar-refractivity contribution in [2.75, 3.05) is 23.7 Å². The van der Waals surface area contributed by atoms with Gasteiger partial charge in [-0.1, -0.05) is 12.1 Å². The summed E-state index contributed by atoms with van der Waals surface area (Å²) >= 11 is 0. The van der Waals surface area contributed by atoms with Gasteiger partial charge in [-0.25, -0.2) is 9.78 Å². The maximum absolute atomic E-state index is 12.9. The standard InChI is InChI=1S/C25H24F6N6O3/c26-24(27,28)16-3-1-15(2-4-16)13-37-14-20(35-21(37)22(38)33-12-11-32-17-5-6-17)36-23(39)34-18-7-9-19(10-8-18)40-25(29,30)31/h1-4,7-10,14,17,32H,5-6,11-13H2,(H,33,38)(H2,34,36,39). The summed E-state index contributed by atoms with van der Waals surface area (Å²) in [5.41, 5.74) is -0.218. The van der Waals surface area contributed by atoms with E-state index in [1.807, 2.05) is 0 Å². The number of ether oxygens (including phenoxy) is 1. The van der Waals surface area contributed by atoms with Gasteiger partial charge in [-0.2, -0.15) is 13.2 Å². The Morgan fingerprint density at radius 3 is 2.20 bits per heavy atom. The van der Waals surface area contributed by atoms with Crippen LogP contribution in [0, 0.1) is 0 Å². The monoisotopic (exact) mass is 570 g/mol. The summed E-state index contributed by atoms with van der Waals surface area (Å²) in [6.07, 6.45) is -5.86. The van der Waals surface area contributed by atoms with Crippen LogP contribution in [0.15, 0.2) is 54.7 Å². The summed E-state index contributed by atoms with van der Waals surface area (Å²) in [5.74, 6) is -1.15. The summed E-state index contributed by atoms with van der Waals surface area (Å²) in [6, 6.07) is 8.46. The van der Waals surface area contributed by atoms with Crippen LogP contribution < -0.4 is 26.0 Å². The van der Waals surface area contributed by atoms with E-state index in [1.165, 1.54) is 35.0 Å². The Morgan fingerprint density at radius 1 is 0.925 bits per heavy atom. The topological polar surface area (TPSA) is 109 Å². The van der Waals surface area contributed by atoms with Gasteiger partial charge in [0.2, 0.25) is 5.82 Å². The van der Waals surface area contributed by atoms with E-state index in [1.54, 1.807) is 0 Å². The van der Waals surface area contributed by atoms with Crippen molar-refractivity contribution in [1.82, 2.24) is 20.2 Å². The smallest absolute Gasteiger partial charge is 0.406 e. The minimum Gasteiger partial charge on any atom is -0.406 e. The van der Waals surface area contributed by atoms with E-state index in [0.717, 1.165) is 37.1 Å². The fourth-order valence-electron chi connectivity index (χ4n) is 3.61. The minimum atomic E-state index is -4.86. The molecule has 0 saturated heterocycles. The zero-order chi connectivity index (χ0) is 28.9. The number of aromatic nitrogens is 2. The van der Waals surface area contributed by atoms with Gasteiger partial charge < -0.3 is 25.3 Å². The number of carbonyl (C=O) groups is 2. The Labute approximate surface area is 223 Å². The third-order valence-corrected chi connectivity index (χ3v) is 5.62. The van der Waals surface area contributed by atoms with Crippen molar-refractivity contribution < 1.29 is 40.7 Å². The number of nitrogens with one attached hydrogen (secondary N) is 4. The Bertz CT molecular complexity index is 1320. The van der Waals surface area contributed by atoms with Crippen molar-refractivity contribution in [2.45, 2.75) is 38.0 Å². The quantitative estimate of drug-likeness (QED) is 0.203. The van der Waals surface area contributed by atoms with Crippen LogP contribution in [0.25, 0.3) is 0 Å². The average Bonchev–Trinajstić information content (AvgIpc) is 3.61. The molecule has 1 saturated carbocycles. The van der Waals surface area contributed by atoms with Crippen molar-refractivity contribution in [3.05, 3.63) is 71.7 Å². The van der Waals surface area contributed by atoms with Crippen molar-refractivity contribution in [2.24, 2.45) is 0 Å². The Hall–Kier alpha value is -4.27. The fraction of sp³-hybridized carbons (Fsp3) is 0.320. The summed E-state index contributed by atoms with van der Waals surface area (Å²) in [7, 11) is 0. The molecule has 0 unspecified atom stereocenters. The van der Waals surface area contributed by atoms with Crippen LogP contribution in [0.1, 0.15) is 34.6 Å². The van der Waals surface area contributed by atoms with Gasteiger partial charge in [-0.05, 0) is 54.8 Å². The number of imidazole rings is 1. The Balaban J connectivity index is 1.44. The first-order valence-electron chi connectivity index (χ1n) is 12.0. The zero-order valence-electron chi connectivity index (χ0n) is 20.7. The lowest BCUT2D eigenvalue weighted by Crippen LogP contribution is -2.34. The summed E-state index contributed by atoms with van der Waals surface area (Å²) < 4.78 is 80.9. The molecule has 0 radical (unpaired) electrons. The molecular weight excluding hydrogens is 546 g/mol. The van der Waals surface area contributed by atoms with E-state index in [2.05, 4.69) is 31.0 Å². The molecule has 0 atom stereocenters. The summed E-state index contributed by atoms with van der Waals surface area (Å²) in [5, 5.41) is 10.8. The molecule has 214 valence electrons. The second kappa shape index (κ2) is 11.9. The highest BCUT2D eigenvalue weighted by atomic mass is 19.4. The molecule has 15 heteroatoms. The van der Waals surface area contributed by atoms with E-state index >= 15 is 0 Å². The molecular formula is C25H24F6N6O3. The predicted molar refractivity (Wildman–Crippen MR) is 132 cm³/mol. The molecule has 1 aromatic heterocycles. The van der Waals surface area contributed by atoms with Crippen molar-refractivity contribution in [3.63, 3.8) is 0 Å². The van der Waals surface area contributed by atoms with Gasteiger partial charge in [-0.3, -0.25) is 10.1 Å². The van der Waals surface area contributed by atoms with Crippen molar-refractivity contribution in [1.29, 1.82) is 0 Å². The highest BCUT2D eigenvalue weighted by Crippen LogP contribution is 2.29. The molecule has 9 nitrogen and oxygen atoms in total. The second-order valence-electron chi connectivity index (χ2n) is 8.91. The van der Waals surface area contributed by atoms with Crippen LogP contribution in [0.2, 0.25) is 0 Å². The van der Waals surface area contributed by atoms with Gasteiger partial charge in [0.15, 0.2) is 5.82 Å². The molecule has 1 heterocycles. The highest BCUT2D eigenvalue weighted by Gasteiger charge is 2.31. The number of urea groups is 1. The van der Waals surface area contributed by atoms with Crippen LogP contribution in [0.5, 0.6) is 5.75 Å². The number of anilines is 2. The van der Waals surface area contributed by atoms with Crippen molar-refractivity contribution in [3.8, 4) is 5.75 Å². The van der Waals surface area contributed by atoms with Crippen LogP contribution >= 0.6 is 0 Å². The predicted octanol–water partition coefficient (Wildman–Crippen LogP) is 4.97. The van der Waals surface area contributed by atoms with Crippen LogP contribution in [-0.4, -0.2) is 47.0 Å². The van der Waals surface area contributed by atoms with Gasteiger partial charge >= 0.3 is 18.6 Å². The second-order valence-corrected chi connectivity index (χ2v) is 8.91. The number of carbonyl (C=O) groups excluding carboxylic acids is 2. The normalized spacial score (nSPS) is 13.6. The van der Waals surface area contributed by atoms with Crippen molar-refractivity contribution >= 4 is 23.4 Å². The van der Waals surface area contributed by atoms with Crippen LogP contribution in [0.4, 0.5) is 42.6 Å². The first-order valence-corrected chi connectivity index (χ1v) is 12.0. The zero-order valence-corrected chi connectivity index (χ0v) is 20.7. The number of hydrogen-bond donors (Lipinski definition) is 4. The number of rotatable bonds is 10. The van der Waals surface area contributed by atoms with E-state index < -0.39 is 35.8 Å². The van der Waals surface area contributed by atoms with Crippen LogP contribution in [0.3, 0.4) is 0 Å². The van der Waals surface area contributed by atoms with E-state index in [0.29, 0.717) is 24.7 Å². The fourth-order valence-corrected chi connectivity index (χ4v) is 3.61. The molecule has 1 aliphatic carbocycles. The lowest BCUT2D eigenvalue weighted by molar-refractivity contribution is -0.274. The van der Waals surface area contributed by atoms with E-state index in [9.17, 15) is 35.9 Å². The highest BCUT2D eigenvalue weighted by molar-refractivity contribution is 5.99. The van der Waals surface area contributed by atoms with Gasteiger partial charge in [0.05, 0.1) is 5.56 Å². The first kappa shape index (κ1) is 28.7. The molecule has 1 fully saturated rings. The molecule has 3 amide bonds. The molecule has 3 aromatic rings. The number of hydrogen-bond acceptors (Lipinski definition) is 5.